The second-order valence-corrected chi connectivity index (χ2v) is 7.00. The van der Waals surface area contributed by atoms with Gasteiger partial charge in [0, 0.05) is 18.6 Å². The molecule has 0 spiro atoms. The van der Waals surface area contributed by atoms with Crippen LogP contribution in [0.25, 0.3) is 0 Å². The molecule has 0 amide bonds. The van der Waals surface area contributed by atoms with Crippen LogP contribution in [-0.2, 0) is 0 Å². The molecule has 0 atom stereocenters. The molecule has 5 aliphatic rings. The highest BCUT2D eigenvalue weighted by Crippen LogP contribution is 2.55. The molecular weight excluding hydrogens is 232 g/mol. The van der Waals surface area contributed by atoms with Gasteiger partial charge in [-0.05, 0) is 69.1 Å². The molecule has 2 nitrogen and oxygen atoms in total. The van der Waals surface area contributed by atoms with Gasteiger partial charge in [-0.2, -0.15) is 0 Å². The number of rotatable bonds is 2. The molecule has 4 saturated carbocycles. The quantitative estimate of drug-likeness (QED) is 0.817. The lowest BCUT2D eigenvalue weighted by atomic mass is 9.53. The standard InChI is InChI=1S/C14H24N2.ClH/c1-2-4-16(3-1)15-14-8-11-5-12(9-14)7-13(6-11)10-14;/h11-13,15H,1-10H2;1H. The van der Waals surface area contributed by atoms with Crippen molar-refractivity contribution >= 4 is 12.4 Å². The summed E-state index contributed by atoms with van der Waals surface area (Å²) in [6, 6.07) is 0. The van der Waals surface area contributed by atoms with Crippen LogP contribution in [-0.4, -0.2) is 23.6 Å². The van der Waals surface area contributed by atoms with E-state index in [1.54, 1.807) is 19.3 Å². The molecule has 0 radical (unpaired) electrons. The van der Waals surface area contributed by atoms with Crippen LogP contribution in [0.15, 0.2) is 0 Å². The van der Waals surface area contributed by atoms with E-state index in [1.165, 1.54) is 45.2 Å². The lowest BCUT2D eigenvalue weighted by Crippen LogP contribution is -2.62. The average molecular weight is 257 g/mol. The lowest BCUT2D eigenvalue weighted by Gasteiger charge is -2.57. The third kappa shape index (κ3) is 2.13. The minimum Gasteiger partial charge on any atom is -0.249 e. The van der Waals surface area contributed by atoms with Crippen molar-refractivity contribution in [3.8, 4) is 0 Å². The summed E-state index contributed by atoms with van der Waals surface area (Å²) in [4.78, 5) is 0. The third-order valence-corrected chi connectivity index (χ3v) is 5.54. The summed E-state index contributed by atoms with van der Waals surface area (Å²) in [7, 11) is 0. The molecule has 0 aromatic rings. The Kier molecular flexibility index (Phi) is 3.17. The molecule has 1 N–H and O–H groups in total. The zero-order valence-corrected chi connectivity index (χ0v) is 11.5. The van der Waals surface area contributed by atoms with Crippen LogP contribution < -0.4 is 5.43 Å². The molecule has 4 aliphatic carbocycles. The van der Waals surface area contributed by atoms with Gasteiger partial charge in [-0.15, -0.1) is 12.4 Å². The Labute approximate surface area is 111 Å². The van der Waals surface area contributed by atoms with E-state index < -0.39 is 0 Å². The van der Waals surface area contributed by atoms with E-state index in [9.17, 15) is 0 Å². The molecule has 1 aliphatic heterocycles. The predicted molar refractivity (Wildman–Crippen MR) is 72.1 cm³/mol. The summed E-state index contributed by atoms with van der Waals surface area (Å²) in [5.74, 6) is 3.21. The van der Waals surface area contributed by atoms with E-state index >= 15 is 0 Å². The van der Waals surface area contributed by atoms with Gasteiger partial charge in [0.05, 0.1) is 0 Å². The first kappa shape index (κ1) is 12.3. The molecule has 0 unspecified atom stereocenters. The molecular formula is C14H25ClN2. The maximum absolute atomic E-state index is 3.96. The number of hydrogen-bond acceptors (Lipinski definition) is 2. The third-order valence-electron chi connectivity index (χ3n) is 5.54. The van der Waals surface area contributed by atoms with Crippen molar-refractivity contribution in [2.45, 2.75) is 56.9 Å². The molecule has 0 aromatic carbocycles. The average Bonchev–Trinajstić information content (AvgIpc) is 2.66. The van der Waals surface area contributed by atoms with Crippen LogP contribution in [0, 0.1) is 17.8 Å². The largest absolute Gasteiger partial charge is 0.249 e. The Bertz CT molecular complexity index is 251. The molecule has 5 rings (SSSR count). The SMILES string of the molecule is C1CCN(NC23CC4CC(CC(C4)C2)C3)C1.Cl. The fraction of sp³-hybridized carbons (Fsp3) is 1.00. The molecule has 5 fully saturated rings. The maximum atomic E-state index is 3.96. The van der Waals surface area contributed by atoms with Crippen LogP contribution in [0.4, 0.5) is 0 Å². The van der Waals surface area contributed by atoms with Gasteiger partial charge in [0.1, 0.15) is 0 Å². The predicted octanol–water partition coefficient (Wildman–Crippen LogP) is 2.98. The van der Waals surface area contributed by atoms with E-state index in [4.69, 9.17) is 0 Å². The van der Waals surface area contributed by atoms with Crippen LogP contribution in [0.2, 0.25) is 0 Å². The van der Waals surface area contributed by atoms with E-state index in [-0.39, 0.29) is 12.4 Å². The first-order valence-electron chi connectivity index (χ1n) is 7.34. The van der Waals surface area contributed by atoms with Crippen LogP contribution in [0.5, 0.6) is 0 Å². The zero-order valence-electron chi connectivity index (χ0n) is 10.7. The van der Waals surface area contributed by atoms with Crippen LogP contribution in [0.3, 0.4) is 0 Å². The number of halogens is 1. The van der Waals surface area contributed by atoms with Gasteiger partial charge in [0.15, 0.2) is 0 Å². The molecule has 1 heterocycles. The lowest BCUT2D eigenvalue weighted by molar-refractivity contribution is -0.0539. The Hall–Kier alpha value is 0.210. The highest BCUT2D eigenvalue weighted by Gasteiger charge is 2.51. The molecule has 4 bridgehead atoms. The van der Waals surface area contributed by atoms with Crippen molar-refractivity contribution < 1.29 is 0 Å². The fourth-order valence-corrected chi connectivity index (χ4v) is 5.41. The van der Waals surface area contributed by atoms with Crippen molar-refractivity contribution in [2.24, 2.45) is 17.8 Å². The van der Waals surface area contributed by atoms with Gasteiger partial charge in [0.2, 0.25) is 0 Å². The van der Waals surface area contributed by atoms with Crippen molar-refractivity contribution in [2.75, 3.05) is 13.1 Å². The second kappa shape index (κ2) is 4.40. The number of nitrogens with one attached hydrogen (secondary N) is 1. The molecule has 1 saturated heterocycles. The van der Waals surface area contributed by atoms with Gasteiger partial charge < -0.3 is 0 Å². The first-order chi connectivity index (χ1) is 7.81. The molecule has 0 aromatic heterocycles. The van der Waals surface area contributed by atoms with Crippen LogP contribution in [0.1, 0.15) is 51.4 Å². The summed E-state index contributed by atoms with van der Waals surface area (Å²) in [6.45, 7) is 2.59. The van der Waals surface area contributed by atoms with Crippen LogP contribution >= 0.6 is 12.4 Å². The normalized spacial score (nSPS) is 48.4. The monoisotopic (exact) mass is 256 g/mol. The van der Waals surface area contributed by atoms with Gasteiger partial charge in [-0.3, -0.25) is 0 Å². The summed E-state index contributed by atoms with van der Waals surface area (Å²) >= 11 is 0. The number of nitrogens with zero attached hydrogens (tertiary/aromatic N) is 1. The Morgan fingerprint density at radius 3 is 1.76 bits per heavy atom. The first-order valence-corrected chi connectivity index (χ1v) is 7.34. The summed E-state index contributed by atoms with van der Waals surface area (Å²) in [5, 5.41) is 2.53. The Balaban J connectivity index is 0.000000902. The highest BCUT2D eigenvalue weighted by atomic mass is 35.5. The van der Waals surface area contributed by atoms with Crippen molar-refractivity contribution in [3.63, 3.8) is 0 Å². The minimum absolute atomic E-state index is 0. The van der Waals surface area contributed by atoms with E-state index in [0.717, 1.165) is 17.8 Å². The minimum atomic E-state index is 0. The van der Waals surface area contributed by atoms with E-state index in [1.807, 2.05) is 0 Å². The summed E-state index contributed by atoms with van der Waals surface area (Å²) in [5.41, 5.74) is 4.50. The molecule has 98 valence electrons. The molecule has 17 heavy (non-hydrogen) atoms. The summed E-state index contributed by atoms with van der Waals surface area (Å²) < 4.78 is 0. The van der Waals surface area contributed by atoms with E-state index in [2.05, 4.69) is 10.4 Å². The van der Waals surface area contributed by atoms with Gasteiger partial charge >= 0.3 is 0 Å². The number of hydrazine groups is 1. The van der Waals surface area contributed by atoms with Gasteiger partial charge in [-0.1, -0.05) is 0 Å². The molecule has 3 heteroatoms. The topological polar surface area (TPSA) is 15.3 Å². The maximum Gasteiger partial charge on any atom is 0.0334 e. The Morgan fingerprint density at radius 2 is 1.29 bits per heavy atom. The smallest absolute Gasteiger partial charge is 0.0334 e. The Morgan fingerprint density at radius 1 is 0.824 bits per heavy atom. The van der Waals surface area contributed by atoms with Gasteiger partial charge in [-0.25, -0.2) is 10.4 Å². The van der Waals surface area contributed by atoms with Crippen molar-refractivity contribution in [1.29, 1.82) is 0 Å². The number of hydrogen-bond donors (Lipinski definition) is 1. The second-order valence-electron chi connectivity index (χ2n) is 7.00. The summed E-state index contributed by atoms with van der Waals surface area (Å²) in [6.07, 6.45) is 11.9. The van der Waals surface area contributed by atoms with E-state index in [0.29, 0.717) is 5.54 Å². The highest BCUT2D eigenvalue weighted by molar-refractivity contribution is 5.85. The van der Waals surface area contributed by atoms with Gasteiger partial charge in [0.25, 0.3) is 0 Å². The van der Waals surface area contributed by atoms with Crippen molar-refractivity contribution in [1.82, 2.24) is 10.4 Å². The zero-order chi connectivity index (χ0) is 10.6. The fourth-order valence-electron chi connectivity index (χ4n) is 5.41. The van der Waals surface area contributed by atoms with Crippen molar-refractivity contribution in [3.05, 3.63) is 0 Å².